The van der Waals surface area contributed by atoms with Crippen LogP contribution in [0.1, 0.15) is 41.8 Å². The highest BCUT2D eigenvalue weighted by molar-refractivity contribution is 6.54. The van der Waals surface area contributed by atoms with Crippen molar-refractivity contribution < 1.29 is 14.1 Å². The minimum absolute atomic E-state index is 0.0531. The van der Waals surface area contributed by atoms with Crippen molar-refractivity contribution >= 4 is 29.0 Å². The van der Waals surface area contributed by atoms with Gasteiger partial charge < -0.3 is 4.52 Å². The molecular formula is C14H12ClN3O3. The van der Waals surface area contributed by atoms with Gasteiger partial charge in [0, 0.05) is 5.92 Å². The fourth-order valence-electron chi connectivity index (χ4n) is 2.17. The van der Waals surface area contributed by atoms with E-state index in [0.717, 1.165) is 0 Å². The number of ketones is 1. The zero-order valence-electron chi connectivity index (χ0n) is 11.5. The second-order valence-electron chi connectivity index (χ2n) is 5.06. The molecule has 2 heterocycles. The number of amides is 1. The molecule has 0 atom stereocenters. The number of halogens is 1. The standard InChI is InChI=1S/C14H12ClN3O3/c1-7(2)13-16-10(17-21-13)6-18-11-8(12(19)14(18)20)4-3-5-9(11)15/h3-5,7H,6H2,1-2H3. The number of carbonyl (C=O) groups is 2. The lowest BCUT2D eigenvalue weighted by molar-refractivity contribution is -0.114. The number of aromatic nitrogens is 2. The van der Waals surface area contributed by atoms with Crippen molar-refractivity contribution in [2.24, 2.45) is 0 Å². The lowest BCUT2D eigenvalue weighted by atomic mass is 10.1. The Morgan fingerprint density at radius 3 is 2.76 bits per heavy atom. The van der Waals surface area contributed by atoms with Crippen LogP contribution in [0.15, 0.2) is 22.7 Å². The second kappa shape index (κ2) is 4.96. The number of para-hydroxylation sites is 1. The minimum atomic E-state index is -0.631. The average molecular weight is 306 g/mol. The molecule has 3 rings (SSSR count). The molecule has 6 nitrogen and oxygen atoms in total. The number of anilines is 1. The molecule has 0 saturated heterocycles. The van der Waals surface area contributed by atoms with Gasteiger partial charge in [-0.15, -0.1) is 0 Å². The molecule has 2 aromatic rings. The van der Waals surface area contributed by atoms with Gasteiger partial charge >= 0.3 is 0 Å². The van der Waals surface area contributed by atoms with E-state index < -0.39 is 11.7 Å². The predicted octanol–water partition coefficient (Wildman–Crippen LogP) is 2.58. The van der Waals surface area contributed by atoms with Crippen molar-refractivity contribution in [3.05, 3.63) is 40.5 Å². The van der Waals surface area contributed by atoms with Gasteiger partial charge in [0.15, 0.2) is 5.82 Å². The van der Waals surface area contributed by atoms with E-state index in [4.69, 9.17) is 16.1 Å². The quantitative estimate of drug-likeness (QED) is 0.815. The predicted molar refractivity (Wildman–Crippen MR) is 75.4 cm³/mol. The van der Waals surface area contributed by atoms with Crippen molar-refractivity contribution in [3.63, 3.8) is 0 Å². The highest BCUT2D eigenvalue weighted by atomic mass is 35.5. The molecule has 108 valence electrons. The van der Waals surface area contributed by atoms with Gasteiger partial charge in [-0.1, -0.05) is 36.7 Å². The van der Waals surface area contributed by atoms with Crippen LogP contribution in [0.2, 0.25) is 5.02 Å². The van der Waals surface area contributed by atoms with Gasteiger partial charge in [0.05, 0.1) is 22.8 Å². The second-order valence-corrected chi connectivity index (χ2v) is 5.47. The molecule has 0 N–H and O–H groups in total. The molecular weight excluding hydrogens is 294 g/mol. The number of fused-ring (bicyclic) bond motifs is 1. The number of rotatable bonds is 3. The van der Waals surface area contributed by atoms with E-state index in [1.807, 2.05) is 13.8 Å². The Morgan fingerprint density at radius 1 is 1.33 bits per heavy atom. The third-order valence-corrected chi connectivity index (χ3v) is 3.52. The first-order valence-electron chi connectivity index (χ1n) is 6.46. The first-order valence-corrected chi connectivity index (χ1v) is 6.84. The Bertz CT molecular complexity index is 739. The molecule has 21 heavy (non-hydrogen) atoms. The summed E-state index contributed by atoms with van der Waals surface area (Å²) in [5.41, 5.74) is 0.713. The van der Waals surface area contributed by atoms with Gasteiger partial charge in [-0.25, -0.2) is 0 Å². The summed E-state index contributed by atoms with van der Waals surface area (Å²) in [6, 6.07) is 4.85. The fraction of sp³-hybridized carbons (Fsp3) is 0.286. The molecule has 1 amide bonds. The van der Waals surface area contributed by atoms with Crippen LogP contribution in [0, 0.1) is 0 Å². The molecule has 0 radical (unpaired) electrons. The van der Waals surface area contributed by atoms with E-state index in [9.17, 15) is 9.59 Å². The number of carbonyl (C=O) groups excluding carboxylic acids is 2. The van der Waals surface area contributed by atoms with E-state index in [1.165, 1.54) is 4.90 Å². The molecule has 1 aliphatic heterocycles. The lowest BCUT2D eigenvalue weighted by Crippen LogP contribution is -2.29. The monoisotopic (exact) mass is 305 g/mol. The normalized spacial score (nSPS) is 14.2. The van der Waals surface area contributed by atoms with Gasteiger partial charge in [-0.05, 0) is 12.1 Å². The van der Waals surface area contributed by atoms with Crippen LogP contribution < -0.4 is 4.90 Å². The molecule has 0 spiro atoms. The SMILES string of the molecule is CC(C)c1nc(CN2C(=O)C(=O)c3cccc(Cl)c32)no1. The third kappa shape index (κ3) is 2.21. The summed E-state index contributed by atoms with van der Waals surface area (Å²) < 4.78 is 5.10. The maximum absolute atomic E-state index is 12.1. The van der Waals surface area contributed by atoms with Crippen molar-refractivity contribution in [1.82, 2.24) is 10.1 Å². The minimum Gasteiger partial charge on any atom is -0.339 e. The van der Waals surface area contributed by atoms with Gasteiger partial charge in [0.1, 0.15) is 0 Å². The summed E-state index contributed by atoms with van der Waals surface area (Å²) in [5, 5.41) is 4.18. The highest BCUT2D eigenvalue weighted by Crippen LogP contribution is 2.36. The summed E-state index contributed by atoms with van der Waals surface area (Å²) in [4.78, 5) is 29.5. The Labute approximate surface area is 125 Å². The molecule has 0 saturated carbocycles. The third-order valence-electron chi connectivity index (χ3n) is 3.22. The van der Waals surface area contributed by atoms with Crippen LogP contribution in [-0.2, 0) is 11.3 Å². The molecule has 0 bridgehead atoms. The maximum atomic E-state index is 12.1. The Kier molecular flexibility index (Phi) is 3.25. The van der Waals surface area contributed by atoms with Gasteiger partial charge in [0.25, 0.3) is 11.7 Å². The van der Waals surface area contributed by atoms with Crippen LogP contribution in [0.3, 0.4) is 0 Å². The summed E-state index contributed by atoms with van der Waals surface area (Å²) in [6.45, 7) is 3.90. The zero-order valence-corrected chi connectivity index (χ0v) is 12.2. The van der Waals surface area contributed by atoms with Crippen LogP contribution in [0.4, 0.5) is 5.69 Å². The smallest absolute Gasteiger partial charge is 0.299 e. The van der Waals surface area contributed by atoms with Gasteiger partial charge in [0.2, 0.25) is 5.89 Å². The number of benzene rings is 1. The van der Waals surface area contributed by atoms with Crippen molar-refractivity contribution in [2.75, 3.05) is 4.90 Å². The molecule has 1 aliphatic rings. The molecule has 1 aromatic heterocycles. The fourth-order valence-corrected chi connectivity index (χ4v) is 2.45. The summed E-state index contributed by atoms with van der Waals surface area (Å²) >= 11 is 6.11. The van der Waals surface area contributed by atoms with Crippen LogP contribution in [0.25, 0.3) is 0 Å². The maximum Gasteiger partial charge on any atom is 0.299 e. The summed E-state index contributed by atoms with van der Waals surface area (Å²) in [7, 11) is 0. The Hall–Kier alpha value is -2.21. The van der Waals surface area contributed by atoms with Crippen LogP contribution in [0.5, 0.6) is 0 Å². The highest BCUT2D eigenvalue weighted by Gasteiger charge is 2.38. The number of Topliss-reactive ketones (excluding diaryl/α,β-unsaturated/α-hetero) is 1. The average Bonchev–Trinajstić information content (AvgIpc) is 3.00. The topological polar surface area (TPSA) is 76.3 Å². The Balaban J connectivity index is 1.96. The first-order chi connectivity index (χ1) is 9.99. The van der Waals surface area contributed by atoms with E-state index in [0.29, 0.717) is 28.0 Å². The largest absolute Gasteiger partial charge is 0.339 e. The van der Waals surface area contributed by atoms with E-state index >= 15 is 0 Å². The molecule has 7 heteroatoms. The number of hydrogen-bond acceptors (Lipinski definition) is 5. The molecule has 0 fully saturated rings. The number of hydrogen-bond donors (Lipinski definition) is 0. The van der Waals surface area contributed by atoms with Crippen LogP contribution >= 0.6 is 11.6 Å². The van der Waals surface area contributed by atoms with Crippen LogP contribution in [-0.4, -0.2) is 21.8 Å². The zero-order chi connectivity index (χ0) is 15.1. The Morgan fingerprint density at radius 2 is 2.10 bits per heavy atom. The van der Waals surface area contributed by atoms with Crippen molar-refractivity contribution in [3.8, 4) is 0 Å². The van der Waals surface area contributed by atoms with E-state index in [-0.39, 0.29) is 12.5 Å². The molecule has 1 aromatic carbocycles. The van der Waals surface area contributed by atoms with E-state index in [1.54, 1.807) is 18.2 Å². The van der Waals surface area contributed by atoms with Crippen molar-refractivity contribution in [2.45, 2.75) is 26.3 Å². The first kappa shape index (κ1) is 13.8. The van der Waals surface area contributed by atoms with Gasteiger partial charge in [-0.3, -0.25) is 14.5 Å². The van der Waals surface area contributed by atoms with Crippen molar-refractivity contribution in [1.29, 1.82) is 0 Å². The number of nitrogens with zero attached hydrogens (tertiary/aromatic N) is 3. The molecule has 0 unspecified atom stereocenters. The lowest BCUT2D eigenvalue weighted by Gasteiger charge is -2.15. The van der Waals surface area contributed by atoms with E-state index in [2.05, 4.69) is 10.1 Å². The van der Waals surface area contributed by atoms with Gasteiger partial charge in [-0.2, -0.15) is 4.98 Å². The molecule has 0 aliphatic carbocycles. The summed E-state index contributed by atoms with van der Waals surface area (Å²) in [6.07, 6.45) is 0. The summed E-state index contributed by atoms with van der Waals surface area (Å²) in [5.74, 6) is -0.276.